The number of nitrogens with zero attached hydrogens (tertiary/aromatic N) is 2. The number of carbonyl (C=O) groups excluding carboxylic acids is 2. The first kappa shape index (κ1) is 19.4. The Balaban J connectivity index is 1.56. The molecule has 0 unspecified atom stereocenters. The van der Waals surface area contributed by atoms with Gasteiger partial charge in [0.15, 0.2) is 6.61 Å². The summed E-state index contributed by atoms with van der Waals surface area (Å²) in [6.45, 7) is 3.49. The quantitative estimate of drug-likeness (QED) is 0.790. The third-order valence-electron chi connectivity index (χ3n) is 6.07. The van der Waals surface area contributed by atoms with Crippen molar-refractivity contribution in [3.05, 3.63) is 41.1 Å². The number of hydrogen-bond donors (Lipinski definition) is 1. The molecule has 1 aromatic heterocycles. The zero-order valence-electron chi connectivity index (χ0n) is 16.8. The van der Waals surface area contributed by atoms with Gasteiger partial charge in [0.1, 0.15) is 5.54 Å². The van der Waals surface area contributed by atoms with E-state index in [0.29, 0.717) is 11.5 Å². The van der Waals surface area contributed by atoms with Crippen LogP contribution in [0.1, 0.15) is 54.7 Å². The summed E-state index contributed by atoms with van der Waals surface area (Å²) in [6, 6.07) is 9.72. The van der Waals surface area contributed by atoms with E-state index in [-0.39, 0.29) is 5.92 Å². The number of aromatic nitrogens is 1. The van der Waals surface area contributed by atoms with E-state index in [1.807, 2.05) is 24.3 Å². The molecule has 1 heterocycles. The molecular formula is C23H25N3O3. The molecule has 1 amide bonds. The average Bonchev–Trinajstić information content (AvgIpc) is 3.56. The van der Waals surface area contributed by atoms with E-state index in [0.717, 1.165) is 54.3 Å². The van der Waals surface area contributed by atoms with Crippen LogP contribution in [0.3, 0.4) is 0 Å². The molecule has 6 nitrogen and oxygen atoms in total. The van der Waals surface area contributed by atoms with Crippen molar-refractivity contribution >= 4 is 22.8 Å². The first-order valence-electron chi connectivity index (χ1n) is 10.2. The number of benzene rings is 1. The number of nitrogens with one attached hydrogen (secondary N) is 1. The van der Waals surface area contributed by atoms with Crippen LogP contribution in [0.4, 0.5) is 0 Å². The van der Waals surface area contributed by atoms with Crippen LogP contribution in [0.5, 0.6) is 0 Å². The van der Waals surface area contributed by atoms with Crippen molar-refractivity contribution in [2.24, 2.45) is 11.8 Å². The molecule has 0 spiro atoms. The van der Waals surface area contributed by atoms with Crippen molar-refractivity contribution in [2.45, 2.75) is 51.5 Å². The second-order valence-corrected chi connectivity index (χ2v) is 8.49. The summed E-state index contributed by atoms with van der Waals surface area (Å²) in [5, 5.41) is 12.9. The second-order valence-electron chi connectivity index (χ2n) is 8.49. The number of para-hydroxylation sites is 1. The van der Waals surface area contributed by atoms with Crippen LogP contribution in [0, 0.1) is 23.2 Å². The molecule has 2 atom stereocenters. The number of esters is 1. The van der Waals surface area contributed by atoms with E-state index in [1.54, 1.807) is 6.92 Å². The van der Waals surface area contributed by atoms with Crippen LogP contribution in [0.2, 0.25) is 0 Å². The number of pyridine rings is 1. The van der Waals surface area contributed by atoms with Gasteiger partial charge in [0, 0.05) is 11.1 Å². The number of hydrogen-bond acceptors (Lipinski definition) is 5. The Hall–Kier alpha value is -2.94. The van der Waals surface area contributed by atoms with Crippen molar-refractivity contribution in [3.63, 3.8) is 0 Å². The van der Waals surface area contributed by atoms with E-state index < -0.39 is 24.0 Å². The van der Waals surface area contributed by atoms with E-state index in [1.165, 1.54) is 0 Å². The molecule has 2 aliphatic rings. The molecule has 1 saturated carbocycles. The summed E-state index contributed by atoms with van der Waals surface area (Å²) >= 11 is 0. The molecule has 0 bridgehead atoms. The fourth-order valence-electron chi connectivity index (χ4n) is 4.21. The number of amides is 1. The lowest BCUT2D eigenvalue weighted by molar-refractivity contribution is -0.125. The first-order chi connectivity index (χ1) is 13.9. The van der Waals surface area contributed by atoms with Gasteiger partial charge in [-0.3, -0.25) is 9.78 Å². The van der Waals surface area contributed by atoms with Gasteiger partial charge in [-0.2, -0.15) is 5.26 Å². The lowest BCUT2D eigenvalue weighted by Gasteiger charge is -2.24. The van der Waals surface area contributed by atoms with Gasteiger partial charge in [0.05, 0.1) is 17.1 Å². The number of nitriles is 1. The van der Waals surface area contributed by atoms with Crippen LogP contribution in [-0.2, 0) is 22.4 Å². The minimum Gasteiger partial charge on any atom is -0.452 e. The van der Waals surface area contributed by atoms with E-state index >= 15 is 0 Å². The lowest BCUT2D eigenvalue weighted by atomic mass is 9.84. The normalized spacial score (nSPS) is 20.2. The molecule has 2 aromatic rings. The third kappa shape index (κ3) is 3.82. The third-order valence-corrected chi connectivity index (χ3v) is 6.07. The SMILES string of the molecule is C[C@H]1CCc2nc3ccccc3c(C(=O)OCC(=O)N[C@](C)(C#N)C3CC3)c2C1. The van der Waals surface area contributed by atoms with Crippen molar-refractivity contribution in [2.75, 3.05) is 6.61 Å². The Morgan fingerprint density at radius 3 is 2.79 bits per heavy atom. The molecule has 1 fully saturated rings. The van der Waals surface area contributed by atoms with Crippen molar-refractivity contribution in [1.29, 1.82) is 5.26 Å². The Bertz CT molecular complexity index is 1020. The summed E-state index contributed by atoms with van der Waals surface area (Å²) < 4.78 is 5.40. The first-order valence-corrected chi connectivity index (χ1v) is 10.2. The number of ether oxygens (including phenoxy) is 1. The molecule has 29 heavy (non-hydrogen) atoms. The van der Waals surface area contributed by atoms with Crippen LogP contribution in [0.15, 0.2) is 24.3 Å². The highest BCUT2D eigenvalue weighted by molar-refractivity contribution is 6.05. The number of aryl methyl sites for hydroxylation is 1. The molecule has 0 aliphatic heterocycles. The highest BCUT2D eigenvalue weighted by Crippen LogP contribution is 2.39. The van der Waals surface area contributed by atoms with Gasteiger partial charge in [0.25, 0.3) is 5.91 Å². The molecule has 0 saturated heterocycles. The molecule has 1 aromatic carbocycles. The minimum atomic E-state index is -0.901. The summed E-state index contributed by atoms with van der Waals surface area (Å²) in [4.78, 5) is 30.1. The summed E-state index contributed by atoms with van der Waals surface area (Å²) in [6.07, 6.45) is 4.51. The molecule has 1 N–H and O–H groups in total. The fourth-order valence-corrected chi connectivity index (χ4v) is 4.21. The maximum absolute atomic E-state index is 13.0. The lowest BCUT2D eigenvalue weighted by Crippen LogP contribution is -2.48. The summed E-state index contributed by atoms with van der Waals surface area (Å²) in [5.74, 6) is -0.316. The van der Waals surface area contributed by atoms with Crippen molar-refractivity contribution < 1.29 is 14.3 Å². The highest BCUT2D eigenvalue weighted by Gasteiger charge is 2.43. The molecular weight excluding hydrogens is 366 g/mol. The van der Waals surface area contributed by atoms with Crippen molar-refractivity contribution in [1.82, 2.24) is 10.3 Å². The Kier molecular flexibility index (Phi) is 4.99. The van der Waals surface area contributed by atoms with Crippen LogP contribution >= 0.6 is 0 Å². The number of rotatable bonds is 5. The zero-order chi connectivity index (χ0) is 20.6. The number of carbonyl (C=O) groups is 2. The highest BCUT2D eigenvalue weighted by atomic mass is 16.5. The van der Waals surface area contributed by atoms with Crippen LogP contribution in [-0.4, -0.2) is 29.0 Å². The van der Waals surface area contributed by atoms with Gasteiger partial charge >= 0.3 is 5.97 Å². The van der Waals surface area contributed by atoms with E-state index in [9.17, 15) is 14.9 Å². The standard InChI is InChI=1S/C23H25N3O3/c1-14-7-10-19-17(11-14)21(16-5-3-4-6-18(16)25-19)22(28)29-12-20(27)26-23(2,13-24)15-8-9-15/h3-6,14-15H,7-12H2,1-2H3,(H,26,27)/t14-,23+/m0/s1. The van der Waals surface area contributed by atoms with E-state index in [2.05, 4.69) is 18.3 Å². The largest absolute Gasteiger partial charge is 0.452 e. The molecule has 6 heteroatoms. The Morgan fingerprint density at radius 2 is 2.07 bits per heavy atom. The zero-order valence-corrected chi connectivity index (χ0v) is 16.8. The van der Waals surface area contributed by atoms with Gasteiger partial charge in [-0.1, -0.05) is 25.1 Å². The Morgan fingerprint density at radius 1 is 1.31 bits per heavy atom. The Labute approximate surface area is 170 Å². The summed E-state index contributed by atoms with van der Waals surface area (Å²) in [7, 11) is 0. The monoisotopic (exact) mass is 391 g/mol. The van der Waals surface area contributed by atoms with Gasteiger partial charge < -0.3 is 10.1 Å². The second kappa shape index (κ2) is 7.47. The summed E-state index contributed by atoms with van der Waals surface area (Å²) in [5.41, 5.74) is 2.27. The van der Waals surface area contributed by atoms with Gasteiger partial charge in [-0.05, 0) is 62.5 Å². The van der Waals surface area contributed by atoms with E-state index in [4.69, 9.17) is 9.72 Å². The molecule has 150 valence electrons. The molecule has 2 aliphatic carbocycles. The van der Waals surface area contributed by atoms with Gasteiger partial charge in [0.2, 0.25) is 0 Å². The topological polar surface area (TPSA) is 92.1 Å². The van der Waals surface area contributed by atoms with Crippen LogP contribution < -0.4 is 5.32 Å². The molecule has 4 rings (SSSR count). The average molecular weight is 391 g/mol. The van der Waals surface area contributed by atoms with Gasteiger partial charge in [-0.25, -0.2) is 4.79 Å². The fraction of sp³-hybridized carbons (Fsp3) is 0.478. The van der Waals surface area contributed by atoms with Crippen molar-refractivity contribution in [3.8, 4) is 6.07 Å². The maximum Gasteiger partial charge on any atom is 0.339 e. The number of fused-ring (bicyclic) bond motifs is 2. The van der Waals surface area contributed by atoms with Crippen LogP contribution in [0.25, 0.3) is 10.9 Å². The van der Waals surface area contributed by atoms with Gasteiger partial charge in [-0.15, -0.1) is 0 Å². The molecule has 0 radical (unpaired) electrons. The predicted octanol–water partition coefficient (Wildman–Crippen LogP) is 3.32. The smallest absolute Gasteiger partial charge is 0.339 e. The minimum absolute atomic E-state index is 0.171. The maximum atomic E-state index is 13.0. The predicted molar refractivity (Wildman–Crippen MR) is 108 cm³/mol.